The highest BCUT2D eigenvalue weighted by molar-refractivity contribution is 8.93. The number of nitrogens with two attached hydrogens (primary N) is 1. The van der Waals surface area contributed by atoms with Crippen molar-refractivity contribution in [2.75, 3.05) is 12.4 Å². The molecule has 0 amide bonds. The van der Waals surface area contributed by atoms with Crippen LogP contribution in [0.15, 0.2) is 0 Å². The molecule has 1 atom stereocenters. The van der Waals surface area contributed by atoms with Crippen LogP contribution < -0.4 is 5.73 Å². The molecule has 5 heteroatoms. The van der Waals surface area contributed by atoms with Gasteiger partial charge in [0.1, 0.15) is 0 Å². The molecule has 0 aromatic heterocycles. The third-order valence-corrected chi connectivity index (χ3v) is 2.30. The topological polar surface area (TPSA) is 59.1 Å². The highest BCUT2D eigenvalue weighted by atomic mass is 79.9. The van der Waals surface area contributed by atoms with Crippen LogP contribution in [0.2, 0.25) is 0 Å². The summed E-state index contributed by atoms with van der Waals surface area (Å²) >= 11 is 1.36. The van der Waals surface area contributed by atoms with Crippen molar-refractivity contribution in [3.63, 3.8) is 0 Å². The SMILES string of the molecule is Br.N=C(N)SCC1CCCO1. The Balaban J connectivity index is 0.000001000. The number of hydrogen-bond acceptors (Lipinski definition) is 3. The third kappa shape index (κ3) is 4.66. The molecule has 0 aliphatic carbocycles. The van der Waals surface area contributed by atoms with Gasteiger partial charge in [-0.05, 0) is 12.8 Å². The van der Waals surface area contributed by atoms with Crippen molar-refractivity contribution in [2.24, 2.45) is 5.73 Å². The molecule has 0 aromatic carbocycles. The normalized spacial score (nSPS) is 22.7. The minimum Gasteiger partial charge on any atom is -0.379 e. The van der Waals surface area contributed by atoms with E-state index in [2.05, 4.69) is 0 Å². The molecule has 1 fully saturated rings. The van der Waals surface area contributed by atoms with Gasteiger partial charge in [0.2, 0.25) is 0 Å². The molecule has 3 N–H and O–H groups in total. The zero-order valence-corrected chi connectivity index (χ0v) is 8.74. The van der Waals surface area contributed by atoms with Gasteiger partial charge in [-0.15, -0.1) is 17.0 Å². The summed E-state index contributed by atoms with van der Waals surface area (Å²) in [5.41, 5.74) is 5.16. The van der Waals surface area contributed by atoms with Gasteiger partial charge >= 0.3 is 0 Å². The van der Waals surface area contributed by atoms with Crippen molar-refractivity contribution in [1.82, 2.24) is 0 Å². The zero-order chi connectivity index (χ0) is 7.40. The highest BCUT2D eigenvalue weighted by Gasteiger charge is 2.15. The van der Waals surface area contributed by atoms with E-state index < -0.39 is 0 Å². The molecule has 1 saturated heterocycles. The first-order chi connectivity index (χ1) is 4.79. The lowest BCUT2D eigenvalue weighted by molar-refractivity contribution is 0.129. The molecule has 1 heterocycles. The van der Waals surface area contributed by atoms with Crippen LogP contribution in [-0.2, 0) is 4.74 Å². The summed E-state index contributed by atoms with van der Waals surface area (Å²) in [5.74, 6) is 0.843. The molecule has 1 unspecified atom stereocenters. The lowest BCUT2D eigenvalue weighted by Gasteiger charge is -2.06. The van der Waals surface area contributed by atoms with Crippen LogP contribution in [0, 0.1) is 5.41 Å². The van der Waals surface area contributed by atoms with Gasteiger partial charge in [-0.1, -0.05) is 11.8 Å². The Morgan fingerprint density at radius 1 is 1.73 bits per heavy atom. The van der Waals surface area contributed by atoms with E-state index in [0.29, 0.717) is 6.10 Å². The average Bonchev–Trinajstić information content (AvgIpc) is 2.34. The number of thioether (sulfide) groups is 1. The standard InChI is InChI=1S/C6H12N2OS.BrH/c7-6(8)10-4-5-2-1-3-9-5;/h5H,1-4H2,(H3,7,8);1H. The first-order valence-electron chi connectivity index (χ1n) is 3.37. The van der Waals surface area contributed by atoms with E-state index in [1.165, 1.54) is 11.8 Å². The monoisotopic (exact) mass is 240 g/mol. The molecular weight excluding hydrogens is 228 g/mol. The first-order valence-corrected chi connectivity index (χ1v) is 4.36. The van der Waals surface area contributed by atoms with Crippen LogP contribution in [0.5, 0.6) is 0 Å². The molecule has 0 aromatic rings. The fraction of sp³-hybridized carbons (Fsp3) is 0.833. The Labute approximate surface area is 81.3 Å². The van der Waals surface area contributed by atoms with Crippen molar-refractivity contribution in [2.45, 2.75) is 18.9 Å². The van der Waals surface area contributed by atoms with Gasteiger partial charge in [0.25, 0.3) is 0 Å². The summed E-state index contributed by atoms with van der Waals surface area (Å²) in [5, 5.41) is 7.13. The van der Waals surface area contributed by atoms with Gasteiger partial charge in [0.05, 0.1) is 6.10 Å². The van der Waals surface area contributed by atoms with Crippen molar-refractivity contribution in [3.8, 4) is 0 Å². The van der Waals surface area contributed by atoms with Gasteiger partial charge in [-0.3, -0.25) is 5.41 Å². The van der Waals surface area contributed by atoms with Gasteiger partial charge < -0.3 is 10.5 Å². The Kier molecular flexibility index (Phi) is 5.99. The average molecular weight is 241 g/mol. The maximum Gasteiger partial charge on any atom is 0.151 e. The van der Waals surface area contributed by atoms with Crippen molar-refractivity contribution < 1.29 is 4.74 Å². The fourth-order valence-electron chi connectivity index (χ4n) is 0.959. The Bertz CT molecular complexity index is 128. The number of ether oxygens (including phenoxy) is 1. The van der Waals surface area contributed by atoms with Crippen LogP contribution >= 0.6 is 28.7 Å². The van der Waals surface area contributed by atoms with Crippen LogP contribution in [0.4, 0.5) is 0 Å². The lowest BCUT2D eigenvalue weighted by Crippen LogP contribution is -2.13. The van der Waals surface area contributed by atoms with Crippen LogP contribution in [-0.4, -0.2) is 23.6 Å². The van der Waals surface area contributed by atoms with E-state index >= 15 is 0 Å². The van der Waals surface area contributed by atoms with E-state index in [9.17, 15) is 0 Å². The summed E-state index contributed by atoms with van der Waals surface area (Å²) < 4.78 is 5.33. The number of halogens is 1. The molecule has 1 aliphatic heterocycles. The molecular formula is C6H13BrN2OS. The van der Waals surface area contributed by atoms with Crippen molar-refractivity contribution in [3.05, 3.63) is 0 Å². The first kappa shape index (κ1) is 11.3. The summed E-state index contributed by atoms with van der Waals surface area (Å²) in [4.78, 5) is 0. The molecule has 1 aliphatic rings. The van der Waals surface area contributed by atoms with Crippen LogP contribution in [0.25, 0.3) is 0 Å². The predicted molar refractivity (Wildman–Crippen MR) is 53.7 cm³/mol. The van der Waals surface area contributed by atoms with E-state index in [4.69, 9.17) is 15.9 Å². The summed E-state index contributed by atoms with van der Waals surface area (Å²) in [6.07, 6.45) is 2.62. The van der Waals surface area contributed by atoms with Crippen molar-refractivity contribution in [1.29, 1.82) is 5.41 Å². The molecule has 0 bridgehead atoms. The second-order valence-corrected chi connectivity index (χ2v) is 3.37. The third-order valence-electron chi connectivity index (χ3n) is 1.45. The summed E-state index contributed by atoms with van der Waals surface area (Å²) in [6.45, 7) is 0.878. The lowest BCUT2D eigenvalue weighted by atomic mass is 10.3. The Hall–Kier alpha value is 0.260. The predicted octanol–water partition coefficient (Wildman–Crippen LogP) is 1.37. The van der Waals surface area contributed by atoms with Gasteiger partial charge in [-0.2, -0.15) is 0 Å². The minimum atomic E-state index is 0. The maximum absolute atomic E-state index is 6.94. The molecule has 0 spiro atoms. The molecule has 0 radical (unpaired) electrons. The summed E-state index contributed by atoms with van der Waals surface area (Å²) in [7, 11) is 0. The molecule has 0 saturated carbocycles. The second kappa shape index (κ2) is 5.85. The fourth-order valence-corrected chi connectivity index (χ4v) is 1.59. The highest BCUT2D eigenvalue weighted by Crippen LogP contribution is 2.16. The van der Waals surface area contributed by atoms with Crippen molar-refractivity contribution >= 4 is 33.9 Å². The molecule has 3 nitrogen and oxygen atoms in total. The van der Waals surface area contributed by atoms with E-state index in [1.54, 1.807) is 0 Å². The van der Waals surface area contributed by atoms with Gasteiger partial charge in [-0.25, -0.2) is 0 Å². The number of amidine groups is 1. The Morgan fingerprint density at radius 2 is 2.45 bits per heavy atom. The quantitative estimate of drug-likeness (QED) is 0.567. The van der Waals surface area contributed by atoms with E-state index in [-0.39, 0.29) is 22.1 Å². The zero-order valence-electron chi connectivity index (χ0n) is 6.21. The maximum atomic E-state index is 6.94. The molecule has 11 heavy (non-hydrogen) atoms. The number of hydrogen-bond donors (Lipinski definition) is 2. The number of rotatable bonds is 2. The van der Waals surface area contributed by atoms with Crippen LogP contribution in [0.1, 0.15) is 12.8 Å². The van der Waals surface area contributed by atoms with E-state index in [0.717, 1.165) is 25.2 Å². The Morgan fingerprint density at radius 3 is 2.91 bits per heavy atom. The molecule has 1 rings (SSSR count). The van der Waals surface area contributed by atoms with Gasteiger partial charge in [0, 0.05) is 12.4 Å². The summed E-state index contributed by atoms with van der Waals surface area (Å²) in [6, 6.07) is 0. The number of nitrogens with one attached hydrogen (secondary N) is 1. The van der Waals surface area contributed by atoms with E-state index in [1.807, 2.05) is 0 Å². The smallest absolute Gasteiger partial charge is 0.151 e. The second-order valence-electron chi connectivity index (χ2n) is 2.31. The largest absolute Gasteiger partial charge is 0.379 e. The van der Waals surface area contributed by atoms with Crippen LogP contribution in [0.3, 0.4) is 0 Å². The minimum absolute atomic E-state index is 0. The molecule has 66 valence electrons. The van der Waals surface area contributed by atoms with Gasteiger partial charge in [0.15, 0.2) is 5.17 Å².